The van der Waals surface area contributed by atoms with E-state index in [1.165, 1.54) is 24.4 Å². The van der Waals surface area contributed by atoms with E-state index in [9.17, 15) is 14.4 Å². The van der Waals surface area contributed by atoms with Crippen LogP contribution in [0.5, 0.6) is 0 Å². The molecule has 1 aliphatic heterocycles. The molecule has 134 valence electrons. The summed E-state index contributed by atoms with van der Waals surface area (Å²) >= 11 is 6.30. The lowest BCUT2D eigenvalue weighted by atomic mass is 9.88. The van der Waals surface area contributed by atoms with Crippen LogP contribution in [0.2, 0.25) is 5.02 Å². The van der Waals surface area contributed by atoms with Crippen molar-refractivity contribution in [2.75, 3.05) is 11.4 Å². The lowest BCUT2D eigenvalue weighted by molar-refractivity contribution is 0.0953. The fourth-order valence-electron chi connectivity index (χ4n) is 3.20. The third kappa shape index (κ3) is 3.62. The number of hydrogen-bond acceptors (Lipinski definition) is 5. The van der Waals surface area contributed by atoms with Crippen molar-refractivity contribution in [1.29, 1.82) is 5.26 Å². The maximum atomic E-state index is 13.8. The minimum atomic E-state index is -0.433. The predicted octanol–water partition coefficient (Wildman–Crippen LogP) is 2.96. The van der Waals surface area contributed by atoms with E-state index in [0.29, 0.717) is 41.4 Å². The molecule has 8 heteroatoms. The second-order valence-corrected chi connectivity index (χ2v) is 6.51. The first-order valence-electron chi connectivity index (χ1n) is 8.11. The van der Waals surface area contributed by atoms with Crippen LogP contribution in [0.25, 0.3) is 0 Å². The summed E-state index contributed by atoms with van der Waals surface area (Å²) in [4.78, 5) is 17.9. The minimum absolute atomic E-state index is 0.141. The predicted molar refractivity (Wildman–Crippen MR) is 95.7 cm³/mol. The van der Waals surface area contributed by atoms with E-state index in [1.54, 1.807) is 12.1 Å². The Labute approximate surface area is 155 Å². The maximum absolute atomic E-state index is 13.8. The normalized spacial score (nSPS) is 19.7. The zero-order chi connectivity index (χ0) is 18.7. The number of nitrogens with zero attached hydrogens (tertiary/aromatic N) is 3. The molecule has 0 saturated carbocycles. The lowest BCUT2D eigenvalue weighted by Gasteiger charge is -2.39. The summed E-state index contributed by atoms with van der Waals surface area (Å²) < 4.78 is 13.8. The number of rotatable bonds is 3. The number of nitriles is 1. The SMILES string of the molecule is N#CC1CCN(c2ccc(C(=O)NN)cn2)C(c2cc(F)ccc2Cl)C1. The van der Waals surface area contributed by atoms with E-state index >= 15 is 0 Å². The van der Waals surface area contributed by atoms with E-state index in [-0.39, 0.29) is 17.8 Å². The Balaban J connectivity index is 1.97. The summed E-state index contributed by atoms with van der Waals surface area (Å²) in [6.07, 6.45) is 2.62. The van der Waals surface area contributed by atoms with Crippen LogP contribution < -0.4 is 16.2 Å². The zero-order valence-electron chi connectivity index (χ0n) is 13.8. The topological polar surface area (TPSA) is 95.0 Å². The molecule has 2 heterocycles. The number of nitrogens with two attached hydrogens (primary N) is 1. The summed E-state index contributed by atoms with van der Waals surface area (Å²) in [5.74, 6) is 4.79. The van der Waals surface area contributed by atoms with Crippen LogP contribution in [0, 0.1) is 23.1 Å². The van der Waals surface area contributed by atoms with Crippen LogP contribution in [-0.2, 0) is 0 Å². The molecular formula is C18H17ClFN5O. The molecule has 6 nitrogen and oxygen atoms in total. The highest BCUT2D eigenvalue weighted by molar-refractivity contribution is 6.31. The molecule has 0 bridgehead atoms. The highest BCUT2D eigenvalue weighted by Gasteiger charge is 2.32. The van der Waals surface area contributed by atoms with Gasteiger partial charge in [0.05, 0.1) is 23.6 Å². The number of hydrogen-bond donors (Lipinski definition) is 2. The third-order valence-electron chi connectivity index (χ3n) is 4.54. The number of carbonyl (C=O) groups excluding carboxylic acids is 1. The van der Waals surface area contributed by atoms with Crippen molar-refractivity contribution in [3.05, 3.63) is 58.5 Å². The Kier molecular flexibility index (Phi) is 5.35. The molecule has 1 fully saturated rings. The Morgan fingerprint density at radius 1 is 1.42 bits per heavy atom. The number of aromatic nitrogens is 1. The van der Waals surface area contributed by atoms with Crippen LogP contribution in [0.3, 0.4) is 0 Å². The largest absolute Gasteiger partial charge is 0.349 e. The fraction of sp³-hybridized carbons (Fsp3) is 0.278. The lowest BCUT2D eigenvalue weighted by Crippen LogP contribution is -2.37. The standard InChI is InChI=1S/C18H17ClFN5O/c19-15-3-2-13(20)8-14(15)16-7-11(9-21)5-6-25(16)17-4-1-12(10-23-17)18(26)24-22/h1-4,8,10-11,16H,5-7,22H2,(H,24,26). The molecule has 1 aromatic heterocycles. The Bertz CT molecular complexity index is 852. The van der Waals surface area contributed by atoms with E-state index < -0.39 is 5.91 Å². The molecule has 2 atom stereocenters. The van der Waals surface area contributed by atoms with Crippen LogP contribution in [0.1, 0.15) is 34.8 Å². The smallest absolute Gasteiger partial charge is 0.266 e. The molecule has 3 N–H and O–H groups in total. The number of amides is 1. The molecule has 1 saturated heterocycles. The molecule has 26 heavy (non-hydrogen) atoms. The second-order valence-electron chi connectivity index (χ2n) is 6.10. The third-order valence-corrected chi connectivity index (χ3v) is 4.88. The molecule has 1 aromatic carbocycles. The van der Waals surface area contributed by atoms with Gasteiger partial charge in [-0.25, -0.2) is 15.2 Å². The van der Waals surface area contributed by atoms with Gasteiger partial charge in [-0.3, -0.25) is 10.2 Å². The van der Waals surface area contributed by atoms with Crippen molar-refractivity contribution in [3.8, 4) is 6.07 Å². The molecular weight excluding hydrogens is 357 g/mol. The van der Waals surface area contributed by atoms with Gasteiger partial charge in [0.25, 0.3) is 5.91 Å². The average Bonchev–Trinajstić information content (AvgIpc) is 2.69. The van der Waals surface area contributed by atoms with Gasteiger partial charge in [0.15, 0.2) is 0 Å². The molecule has 0 aliphatic carbocycles. The monoisotopic (exact) mass is 373 g/mol. The number of nitrogens with one attached hydrogen (secondary N) is 1. The summed E-state index contributed by atoms with van der Waals surface area (Å²) in [6, 6.07) is 9.55. The number of nitrogen functional groups attached to an aromatic ring is 1. The molecule has 2 unspecified atom stereocenters. The van der Waals surface area contributed by atoms with E-state index in [4.69, 9.17) is 17.4 Å². The number of carbonyl (C=O) groups is 1. The molecule has 1 amide bonds. The molecule has 3 rings (SSSR count). The minimum Gasteiger partial charge on any atom is -0.349 e. The van der Waals surface area contributed by atoms with Crippen molar-refractivity contribution in [3.63, 3.8) is 0 Å². The average molecular weight is 374 g/mol. The van der Waals surface area contributed by atoms with Crippen LogP contribution in [0.4, 0.5) is 10.2 Å². The van der Waals surface area contributed by atoms with Crippen molar-refractivity contribution in [2.24, 2.45) is 11.8 Å². The Morgan fingerprint density at radius 3 is 2.88 bits per heavy atom. The molecule has 1 aliphatic rings. The van der Waals surface area contributed by atoms with Crippen LogP contribution in [0.15, 0.2) is 36.5 Å². The Morgan fingerprint density at radius 2 is 2.23 bits per heavy atom. The number of hydrazine groups is 1. The van der Waals surface area contributed by atoms with Gasteiger partial charge in [0, 0.05) is 17.8 Å². The van der Waals surface area contributed by atoms with Gasteiger partial charge < -0.3 is 4.90 Å². The Hall–Kier alpha value is -2.69. The van der Waals surface area contributed by atoms with Crippen molar-refractivity contribution < 1.29 is 9.18 Å². The first-order valence-corrected chi connectivity index (χ1v) is 8.49. The number of piperidine rings is 1. The first-order chi connectivity index (χ1) is 12.5. The van der Waals surface area contributed by atoms with Crippen LogP contribution in [-0.4, -0.2) is 17.4 Å². The van der Waals surface area contributed by atoms with Crippen LogP contribution >= 0.6 is 11.6 Å². The summed E-state index contributed by atoms with van der Waals surface area (Å²) in [5, 5.41) is 9.76. The number of halogens is 2. The number of benzene rings is 1. The summed E-state index contributed by atoms with van der Waals surface area (Å²) in [5.41, 5.74) is 3.01. The molecule has 2 aromatic rings. The number of anilines is 1. The van der Waals surface area contributed by atoms with E-state index in [1.807, 2.05) is 4.90 Å². The van der Waals surface area contributed by atoms with E-state index in [2.05, 4.69) is 16.5 Å². The maximum Gasteiger partial charge on any atom is 0.266 e. The summed E-state index contributed by atoms with van der Waals surface area (Å²) in [6.45, 7) is 0.575. The highest BCUT2D eigenvalue weighted by Crippen LogP contribution is 2.39. The fourth-order valence-corrected chi connectivity index (χ4v) is 3.44. The van der Waals surface area contributed by atoms with Gasteiger partial charge in [-0.1, -0.05) is 11.6 Å². The molecule has 0 spiro atoms. The van der Waals surface area contributed by atoms with Crippen molar-refractivity contribution in [2.45, 2.75) is 18.9 Å². The van der Waals surface area contributed by atoms with Gasteiger partial charge in [-0.15, -0.1) is 0 Å². The van der Waals surface area contributed by atoms with Gasteiger partial charge in [0.1, 0.15) is 11.6 Å². The van der Waals surface area contributed by atoms with Crippen molar-refractivity contribution in [1.82, 2.24) is 10.4 Å². The summed E-state index contributed by atoms with van der Waals surface area (Å²) in [7, 11) is 0. The zero-order valence-corrected chi connectivity index (χ0v) is 14.6. The van der Waals surface area contributed by atoms with Gasteiger partial charge in [0.2, 0.25) is 0 Å². The first kappa shape index (κ1) is 18.1. The second kappa shape index (κ2) is 7.68. The quantitative estimate of drug-likeness (QED) is 0.490. The van der Waals surface area contributed by atoms with Gasteiger partial charge in [-0.05, 0) is 48.7 Å². The highest BCUT2D eigenvalue weighted by atomic mass is 35.5. The van der Waals surface area contributed by atoms with Crippen molar-refractivity contribution >= 4 is 23.3 Å². The molecule has 0 radical (unpaired) electrons. The van der Waals surface area contributed by atoms with Gasteiger partial charge >= 0.3 is 0 Å². The van der Waals surface area contributed by atoms with Gasteiger partial charge in [-0.2, -0.15) is 5.26 Å². The van der Waals surface area contributed by atoms with E-state index in [0.717, 1.165) is 0 Å². The number of pyridine rings is 1.